The molecule has 4 nitrogen and oxygen atoms in total. The fourth-order valence-electron chi connectivity index (χ4n) is 2.19. The molecule has 0 fully saturated rings. The average molecular weight is 332 g/mol. The van der Waals surface area contributed by atoms with E-state index in [1.807, 2.05) is 31.2 Å². The fourth-order valence-corrected chi connectivity index (χ4v) is 4.67. The van der Waals surface area contributed by atoms with Crippen LogP contribution in [-0.2, 0) is 10.0 Å². The van der Waals surface area contributed by atoms with Crippen molar-refractivity contribution < 1.29 is 8.42 Å². The van der Waals surface area contributed by atoms with Gasteiger partial charge in [0.05, 0.1) is 21.2 Å². The van der Waals surface area contributed by atoms with Crippen LogP contribution in [0, 0.1) is 0 Å². The van der Waals surface area contributed by atoms with E-state index in [4.69, 9.17) is 0 Å². The van der Waals surface area contributed by atoms with Gasteiger partial charge in [0.15, 0.2) is 0 Å². The summed E-state index contributed by atoms with van der Waals surface area (Å²) < 4.78 is 27.8. The highest BCUT2D eigenvalue weighted by Gasteiger charge is 2.27. The van der Waals surface area contributed by atoms with Gasteiger partial charge in [0.2, 0.25) is 10.0 Å². The van der Waals surface area contributed by atoms with E-state index in [1.165, 1.54) is 15.6 Å². The molecule has 0 aliphatic rings. The SMILES string of the molecule is C[C@H](c1nc2ccccc2s1)N(C)S(=O)(=O)c1ccccc1. The predicted octanol–water partition coefficient (Wildman–Crippen LogP) is 3.68. The van der Waals surface area contributed by atoms with Gasteiger partial charge in [0.1, 0.15) is 5.01 Å². The number of hydrogen-bond donors (Lipinski definition) is 0. The summed E-state index contributed by atoms with van der Waals surface area (Å²) in [6, 6.07) is 16.0. The zero-order chi connectivity index (χ0) is 15.7. The van der Waals surface area contributed by atoms with E-state index in [0.717, 1.165) is 15.2 Å². The van der Waals surface area contributed by atoms with Crippen molar-refractivity contribution in [3.8, 4) is 0 Å². The third kappa shape index (κ3) is 2.65. The Balaban J connectivity index is 1.95. The highest BCUT2D eigenvalue weighted by atomic mass is 32.2. The van der Waals surface area contributed by atoms with Gasteiger partial charge in [-0.3, -0.25) is 0 Å². The van der Waals surface area contributed by atoms with Crippen LogP contribution < -0.4 is 0 Å². The maximum atomic E-state index is 12.7. The average Bonchev–Trinajstić information content (AvgIpc) is 2.98. The fraction of sp³-hybridized carbons (Fsp3) is 0.188. The Kier molecular flexibility index (Phi) is 3.99. The molecular weight excluding hydrogens is 316 g/mol. The van der Waals surface area contributed by atoms with Gasteiger partial charge in [-0.2, -0.15) is 4.31 Å². The van der Waals surface area contributed by atoms with Gasteiger partial charge < -0.3 is 0 Å². The molecule has 114 valence electrons. The predicted molar refractivity (Wildman–Crippen MR) is 89.4 cm³/mol. The second kappa shape index (κ2) is 5.79. The summed E-state index contributed by atoms with van der Waals surface area (Å²) in [7, 11) is -1.93. The number of hydrogen-bond acceptors (Lipinski definition) is 4. The van der Waals surface area contributed by atoms with E-state index in [0.29, 0.717) is 4.90 Å². The lowest BCUT2D eigenvalue weighted by atomic mass is 10.3. The molecule has 1 atom stereocenters. The molecule has 2 aromatic carbocycles. The summed E-state index contributed by atoms with van der Waals surface area (Å²) in [5, 5.41) is 0.795. The highest BCUT2D eigenvalue weighted by Crippen LogP contribution is 2.31. The Hall–Kier alpha value is -1.76. The van der Waals surface area contributed by atoms with Crippen molar-refractivity contribution in [1.82, 2.24) is 9.29 Å². The number of sulfonamides is 1. The van der Waals surface area contributed by atoms with Crippen LogP contribution in [0.15, 0.2) is 59.5 Å². The Labute approximate surface area is 134 Å². The minimum atomic E-state index is -3.52. The van der Waals surface area contributed by atoms with Crippen LogP contribution in [-0.4, -0.2) is 24.8 Å². The monoisotopic (exact) mass is 332 g/mol. The van der Waals surface area contributed by atoms with Crippen molar-refractivity contribution in [2.75, 3.05) is 7.05 Å². The number of benzene rings is 2. The van der Waals surface area contributed by atoms with Gasteiger partial charge in [-0.25, -0.2) is 13.4 Å². The Morgan fingerprint density at radius 1 is 1.05 bits per heavy atom. The first-order valence-corrected chi connectivity index (χ1v) is 9.14. The molecule has 0 radical (unpaired) electrons. The van der Waals surface area contributed by atoms with Crippen molar-refractivity contribution in [3.05, 3.63) is 59.6 Å². The third-order valence-corrected chi connectivity index (χ3v) is 6.78. The topological polar surface area (TPSA) is 50.3 Å². The minimum Gasteiger partial charge on any atom is -0.239 e. The molecule has 1 aromatic heterocycles. The molecule has 3 aromatic rings. The molecule has 0 N–H and O–H groups in total. The summed E-state index contributed by atoms with van der Waals surface area (Å²) in [4.78, 5) is 4.85. The van der Waals surface area contributed by atoms with Crippen LogP contribution in [0.25, 0.3) is 10.2 Å². The first-order valence-electron chi connectivity index (χ1n) is 6.88. The summed E-state index contributed by atoms with van der Waals surface area (Å²) in [5.41, 5.74) is 0.903. The number of nitrogens with zero attached hydrogens (tertiary/aromatic N) is 2. The van der Waals surface area contributed by atoms with E-state index in [1.54, 1.807) is 37.4 Å². The van der Waals surface area contributed by atoms with E-state index >= 15 is 0 Å². The third-order valence-electron chi connectivity index (χ3n) is 3.63. The molecule has 0 aliphatic heterocycles. The van der Waals surface area contributed by atoms with Crippen molar-refractivity contribution >= 4 is 31.6 Å². The van der Waals surface area contributed by atoms with Gasteiger partial charge in [-0.05, 0) is 31.2 Å². The van der Waals surface area contributed by atoms with Gasteiger partial charge in [0, 0.05) is 7.05 Å². The van der Waals surface area contributed by atoms with Crippen LogP contribution >= 0.6 is 11.3 Å². The maximum absolute atomic E-state index is 12.7. The van der Waals surface area contributed by atoms with Crippen LogP contribution in [0.1, 0.15) is 18.0 Å². The molecule has 1 heterocycles. The normalized spacial score (nSPS) is 13.6. The minimum absolute atomic E-state index is 0.297. The lowest BCUT2D eigenvalue weighted by molar-refractivity contribution is 0.398. The number of para-hydroxylation sites is 1. The zero-order valence-electron chi connectivity index (χ0n) is 12.3. The number of rotatable bonds is 4. The van der Waals surface area contributed by atoms with Gasteiger partial charge >= 0.3 is 0 Å². The second-order valence-electron chi connectivity index (χ2n) is 5.03. The molecule has 6 heteroatoms. The standard InChI is InChI=1S/C16H16N2O2S2/c1-12(16-17-14-10-6-7-11-15(14)21-16)18(2)22(19,20)13-8-4-3-5-9-13/h3-12H,1-2H3/t12-/m1/s1. The zero-order valence-corrected chi connectivity index (χ0v) is 13.9. The van der Waals surface area contributed by atoms with E-state index in [-0.39, 0.29) is 6.04 Å². The van der Waals surface area contributed by atoms with Crippen molar-refractivity contribution in [1.29, 1.82) is 0 Å². The van der Waals surface area contributed by atoms with Crippen LogP contribution in [0.4, 0.5) is 0 Å². The van der Waals surface area contributed by atoms with E-state index < -0.39 is 10.0 Å². The van der Waals surface area contributed by atoms with Crippen molar-refractivity contribution in [3.63, 3.8) is 0 Å². The van der Waals surface area contributed by atoms with Crippen LogP contribution in [0.2, 0.25) is 0 Å². The number of aromatic nitrogens is 1. The van der Waals surface area contributed by atoms with Crippen LogP contribution in [0.3, 0.4) is 0 Å². The number of thiazole rings is 1. The molecule has 0 spiro atoms. The van der Waals surface area contributed by atoms with Gasteiger partial charge in [0.25, 0.3) is 0 Å². The van der Waals surface area contributed by atoms with E-state index in [9.17, 15) is 8.42 Å². The Bertz CT molecular complexity index is 856. The molecule has 0 bridgehead atoms. The lowest BCUT2D eigenvalue weighted by Crippen LogP contribution is -2.29. The quantitative estimate of drug-likeness (QED) is 0.732. The lowest BCUT2D eigenvalue weighted by Gasteiger charge is -2.22. The molecular formula is C16H16N2O2S2. The van der Waals surface area contributed by atoms with Gasteiger partial charge in [-0.1, -0.05) is 30.3 Å². The first-order chi connectivity index (χ1) is 10.5. The summed E-state index contributed by atoms with van der Waals surface area (Å²) in [6.45, 7) is 1.86. The molecule has 0 saturated heterocycles. The van der Waals surface area contributed by atoms with Crippen molar-refractivity contribution in [2.45, 2.75) is 17.9 Å². The molecule has 0 unspecified atom stereocenters. The van der Waals surface area contributed by atoms with Crippen LogP contribution in [0.5, 0.6) is 0 Å². The summed E-state index contributed by atoms with van der Waals surface area (Å²) >= 11 is 1.53. The van der Waals surface area contributed by atoms with Crippen molar-refractivity contribution in [2.24, 2.45) is 0 Å². The van der Waals surface area contributed by atoms with Gasteiger partial charge in [-0.15, -0.1) is 11.3 Å². The Morgan fingerprint density at radius 2 is 1.68 bits per heavy atom. The summed E-state index contributed by atoms with van der Waals surface area (Å²) in [5.74, 6) is 0. The molecule has 3 rings (SSSR count). The number of fused-ring (bicyclic) bond motifs is 1. The Morgan fingerprint density at radius 3 is 2.36 bits per heavy atom. The van der Waals surface area contributed by atoms with E-state index in [2.05, 4.69) is 4.98 Å². The molecule has 22 heavy (non-hydrogen) atoms. The second-order valence-corrected chi connectivity index (χ2v) is 8.09. The first kappa shape index (κ1) is 15.1. The highest BCUT2D eigenvalue weighted by molar-refractivity contribution is 7.89. The summed E-state index contributed by atoms with van der Waals surface area (Å²) in [6.07, 6.45) is 0. The smallest absolute Gasteiger partial charge is 0.239 e. The molecule has 0 aliphatic carbocycles. The molecule has 0 amide bonds. The maximum Gasteiger partial charge on any atom is 0.243 e. The largest absolute Gasteiger partial charge is 0.243 e. The molecule has 0 saturated carbocycles.